The number of hydrogen-bond donors (Lipinski definition) is 1. The number of benzene rings is 4. The summed E-state index contributed by atoms with van der Waals surface area (Å²) in [5.74, 6) is -0.236. The van der Waals surface area contributed by atoms with E-state index in [0.717, 1.165) is 33.6 Å². The van der Waals surface area contributed by atoms with E-state index in [9.17, 15) is 4.79 Å². The quantitative estimate of drug-likeness (QED) is 0.385. The van der Waals surface area contributed by atoms with Crippen LogP contribution < -0.4 is 5.32 Å². The van der Waals surface area contributed by atoms with Gasteiger partial charge in [-0.25, -0.2) is 4.68 Å². The van der Waals surface area contributed by atoms with Crippen LogP contribution in [-0.4, -0.2) is 15.7 Å². The molecule has 0 aliphatic carbocycles. The minimum atomic E-state index is -0.236. The average molecular weight is 403 g/mol. The van der Waals surface area contributed by atoms with Crippen LogP contribution in [0.3, 0.4) is 0 Å². The molecule has 0 aliphatic rings. The Morgan fingerprint density at radius 2 is 1.48 bits per heavy atom. The maximum absolute atomic E-state index is 13.0. The highest BCUT2D eigenvalue weighted by Gasteiger charge is 2.18. The number of hydrogen-bond acceptors (Lipinski definition) is 2. The molecule has 5 aromatic rings. The van der Waals surface area contributed by atoms with Gasteiger partial charge in [0, 0.05) is 11.3 Å². The molecule has 0 saturated carbocycles. The van der Waals surface area contributed by atoms with Gasteiger partial charge in [0.15, 0.2) is 5.69 Å². The first-order valence-electron chi connectivity index (χ1n) is 10.2. The third-order valence-electron chi connectivity index (χ3n) is 5.36. The van der Waals surface area contributed by atoms with E-state index in [1.165, 1.54) is 5.39 Å². The Kier molecular flexibility index (Phi) is 4.81. The van der Waals surface area contributed by atoms with Crippen molar-refractivity contribution in [2.45, 2.75) is 6.92 Å². The molecular weight excluding hydrogens is 382 g/mol. The van der Waals surface area contributed by atoms with Crippen LogP contribution in [0.4, 0.5) is 5.69 Å². The minimum Gasteiger partial charge on any atom is -0.321 e. The van der Waals surface area contributed by atoms with Gasteiger partial charge in [-0.05, 0) is 53.6 Å². The zero-order chi connectivity index (χ0) is 21.2. The van der Waals surface area contributed by atoms with Gasteiger partial charge < -0.3 is 5.32 Å². The van der Waals surface area contributed by atoms with Gasteiger partial charge in [0.05, 0.1) is 11.4 Å². The van der Waals surface area contributed by atoms with Gasteiger partial charge in [0.25, 0.3) is 5.91 Å². The normalized spacial score (nSPS) is 10.9. The van der Waals surface area contributed by atoms with Crippen LogP contribution in [0.15, 0.2) is 103 Å². The molecule has 1 amide bonds. The number of aryl methyl sites for hydroxylation is 1. The molecule has 0 aliphatic heterocycles. The molecule has 1 N–H and O–H groups in total. The summed E-state index contributed by atoms with van der Waals surface area (Å²) in [6, 6.07) is 33.9. The second-order valence-electron chi connectivity index (χ2n) is 7.50. The lowest BCUT2D eigenvalue weighted by Gasteiger charge is -2.11. The number of carbonyl (C=O) groups is 1. The van der Waals surface area contributed by atoms with Crippen LogP contribution in [0.5, 0.6) is 0 Å². The predicted octanol–water partition coefficient (Wildman–Crippen LogP) is 6.25. The van der Waals surface area contributed by atoms with Crippen LogP contribution in [0.2, 0.25) is 0 Å². The van der Waals surface area contributed by atoms with E-state index in [1.807, 2.05) is 84.4 Å². The summed E-state index contributed by atoms with van der Waals surface area (Å²) in [6.07, 6.45) is 0. The molecule has 0 saturated heterocycles. The summed E-state index contributed by atoms with van der Waals surface area (Å²) in [4.78, 5) is 13.0. The maximum Gasteiger partial charge on any atom is 0.276 e. The molecule has 150 valence electrons. The molecule has 4 aromatic carbocycles. The molecule has 0 unspecified atom stereocenters. The Balaban J connectivity index is 1.63. The monoisotopic (exact) mass is 403 g/mol. The molecule has 1 aromatic heterocycles. The second-order valence-corrected chi connectivity index (χ2v) is 7.50. The largest absolute Gasteiger partial charge is 0.321 e. The van der Waals surface area contributed by atoms with Crippen molar-refractivity contribution >= 4 is 22.4 Å². The van der Waals surface area contributed by atoms with Crippen LogP contribution >= 0.6 is 0 Å². The van der Waals surface area contributed by atoms with Crippen molar-refractivity contribution in [3.05, 3.63) is 114 Å². The summed E-state index contributed by atoms with van der Waals surface area (Å²) >= 11 is 0. The zero-order valence-corrected chi connectivity index (χ0v) is 17.1. The van der Waals surface area contributed by atoms with E-state index in [0.29, 0.717) is 5.69 Å². The van der Waals surface area contributed by atoms with Crippen molar-refractivity contribution in [3.8, 4) is 16.9 Å². The Morgan fingerprint density at radius 1 is 0.774 bits per heavy atom. The van der Waals surface area contributed by atoms with Gasteiger partial charge in [-0.15, -0.1) is 0 Å². The third kappa shape index (κ3) is 3.71. The Bertz CT molecular complexity index is 1390. The molecule has 5 rings (SSSR count). The fourth-order valence-corrected chi connectivity index (χ4v) is 3.75. The number of carbonyl (C=O) groups excluding carboxylic acids is 1. The smallest absolute Gasteiger partial charge is 0.276 e. The third-order valence-corrected chi connectivity index (χ3v) is 5.36. The molecule has 0 spiro atoms. The summed E-state index contributed by atoms with van der Waals surface area (Å²) in [5, 5.41) is 9.95. The number of aromatic nitrogens is 2. The molecule has 4 heteroatoms. The topological polar surface area (TPSA) is 46.9 Å². The van der Waals surface area contributed by atoms with E-state index in [1.54, 1.807) is 0 Å². The highest BCUT2D eigenvalue weighted by atomic mass is 16.1. The second kappa shape index (κ2) is 7.92. The molecule has 0 atom stereocenters. The van der Waals surface area contributed by atoms with Gasteiger partial charge in [0.2, 0.25) is 0 Å². The first-order valence-corrected chi connectivity index (χ1v) is 10.2. The molecule has 4 nitrogen and oxygen atoms in total. The standard InChI is InChI=1S/C27H21N3O/c1-19-9-5-8-14-25(19)30-26(22-16-15-20-10-6-7-11-21(20)17-22)18-24(29-30)27(31)28-23-12-3-2-4-13-23/h2-18H,1H3,(H,28,31). The number of rotatable bonds is 4. The summed E-state index contributed by atoms with van der Waals surface area (Å²) < 4.78 is 1.86. The van der Waals surface area contributed by atoms with Gasteiger partial charge in [-0.1, -0.05) is 72.8 Å². The van der Waals surface area contributed by atoms with E-state index in [4.69, 9.17) is 5.10 Å². The van der Waals surface area contributed by atoms with Crippen molar-refractivity contribution in [1.29, 1.82) is 0 Å². The van der Waals surface area contributed by atoms with Crippen molar-refractivity contribution < 1.29 is 4.79 Å². The molecule has 0 bridgehead atoms. The lowest BCUT2D eigenvalue weighted by atomic mass is 10.0. The first kappa shape index (κ1) is 18.8. The van der Waals surface area contributed by atoms with Crippen LogP contribution in [0.1, 0.15) is 16.1 Å². The molecule has 1 heterocycles. The van der Waals surface area contributed by atoms with Crippen molar-refractivity contribution in [2.24, 2.45) is 0 Å². The van der Waals surface area contributed by atoms with Crippen molar-refractivity contribution in [2.75, 3.05) is 5.32 Å². The SMILES string of the molecule is Cc1ccccc1-n1nc(C(=O)Nc2ccccc2)cc1-c1ccc2ccccc2c1. The number of fused-ring (bicyclic) bond motifs is 1. The maximum atomic E-state index is 13.0. The number of para-hydroxylation sites is 2. The van der Waals surface area contributed by atoms with Gasteiger partial charge >= 0.3 is 0 Å². The van der Waals surface area contributed by atoms with E-state index >= 15 is 0 Å². The molecule has 0 fully saturated rings. The fourth-order valence-electron chi connectivity index (χ4n) is 3.75. The van der Waals surface area contributed by atoms with Gasteiger partial charge in [-0.2, -0.15) is 5.10 Å². The van der Waals surface area contributed by atoms with Crippen LogP contribution in [0, 0.1) is 6.92 Å². The van der Waals surface area contributed by atoms with Gasteiger partial charge in [-0.3, -0.25) is 4.79 Å². The Labute approximate surface area is 180 Å². The van der Waals surface area contributed by atoms with Crippen molar-refractivity contribution in [1.82, 2.24) is 9.78 Å². The molecule has 31 heavy (non-hydrogen) atoms. The van der Waals surface area contributed by atoms with Crippen LogP contribution in [-0.2, 0) is 0 Å². The van der Waals surface area contributed by atoms with Gasteiger partial charge in [0.1, 0.15) is 0 Å². The minimum absolute atomic E-state index is 0.236. The predicted molar refractivity (Wildman–Crippen MR) is 126 cm³/mol. The molecule has 0 radical (unpaired) electrons. The Morgan fingerprint density at radius 3 is 2.29 bits per heavy atom. The highest BCUT2D eigenvalue weighted by molar-refractivity contribution is 6.03. The van der Waals surface area contributed by atoms with E-state index in [2.05, 4.69) is 35.6 Å². The summed E-state index contributed by atoms with van der Waals surface area (Å²) in [5.41, 5.74) is 5.03. The number of amides is 1. The van der Waals surface area contributed by atoms with E-state index < -0.39 is 0 Å². The summed E-state index contributed by atoms with van der Waals surface area (Å²) in [7, 11) is 0. The van der Waals surface area contributed by atoms with Crippen LogP contribution in [0.25, 0.3) is 27.7 Å². The molecular formula is C27H21N3O. The average Bonchev–Trinajstić information content (AvgIpc) is 3.25. The number of nitrogens with one attached hydrogen (secondary N) is 1. The number of nitrogens with zero attached hydrogens (tertiary/aromatic N) is 2. The fraction of sp³-hybridized carbons (Fsp3) is 0.0370. The lowest BCUT2D eigenvalue weighted by Crippen LogP contribution is -2.13. The Hall–Kier alpha value is -4.18. The summed E-state index contributed by atoms with van der Waals surface area (Å²) in [6.45, 7) is 2.05. The zero-order valence-electron chi connectivity index (χ0n) is 17.1. The highest BCUT2D eigenvalue weighted by Crippen LogP contribution is 2.29. The lowest BCUT2D eigenvalue weighted by molar-refractivity contribution is 0.102. The van der Waals surface area contributed by atoms with E-state index in [-0.39, 0.29) is 5.91 Å². The van der Waals surface area contributed by atoms with Crippen molar-refractivity contribution in [3.63, 3.8) is 0 Å². The first-order chi connectivity index (χ1) is 15.2. The number of anilines is 1.